The number of nitrogens with zero attached hydrogens (tertiary/aromatic N) is 1. The summed E-state index contributed by atoms with van der Waals surface area (Å²) in [7, 11) is 0. The number of nitrogens with two attached hydrogens (primary N) is 1. The number of carbonyl (C=O) groups is 1. The Balaban J connectivity index is 2.22. The molecular weight excluding hydrogens is 200 g/mol. The van der Waals surface area contributed by atoms with Gasteiger partial charge in [0.2, 0.25) is 5.91 Å². The van der Waals surface area contributed by atoms with E-state index in [4.69, 9.17) is 5.73 Å². The van der Waals surface area contributed by atoms with E-state index in [1.807, 2.05) is 36.5 Å². The maximum absolute atomic E-state index is 11.0. The molecule has 0 atom stereocenters. The van der Waals surface area contributed by atoms with Crippen LogP contribution in [-0.4, -0.2) is 10.9 Å². The number of hydrogen-bond acceptors (Lipinski definition) is 2. The molecule has 0 unspecified atom stereocenters. The second kappa shape index (κ2) is 4.57. The van der Waals surface area contributed by atoms with Gasteiger partial charge in [0.1, 0.15) is 0 Å². The fourth-order valence-corrected chi connectivity index (χ4v) is 1.57. The first-order valence-electron chi connectivity index (χ1n) is 5.03. The third-order valence-electron chi connectivity index (χ3n) is 2.34. The molecule has 0 radical (unpaired) electrons. The van der Waals surface area contributed by atoms with E-state index in [2.05, 4.69) is 4.98 Å². The second-order valence-electron chi connectivity index (χ2n) is 3.60. The van der Waals surface area contributed by atoms with Gasteiger partial charge in [0.05, 0.1) is 0 Å². The molecule has 1 amide bonds. The van der Waals surface area contributed by atoms with Crippen molar-refractivity contribution in [2.24, 2.45) is 5.73 Å². The van der Waals surface area contributed by atoms with Gasteiger partial charge in [0, 0.05) is 18.0 Å². The minimum absolute atomic E-state index is 0.395. The first-order chi connectivity index (χ1) is 7.75. The van der Waals surface area contributed by atoms with E-state index in [9.17, 15) is 4.79 Å². The molecule has 1 aromatic carbocycles. The van der Waals surface area contributed by atoms with E-state index >= 15 is 0 Å². The molecule has 16 heavy (non-hydrogen) atoms. The van der Waals surface area contributed by atoms with Crippen molar-refractivity contribution >= 4 is 5.91 Å². The summed E-state index contributed by atoms with van der Waals surface area (Å²) in [4.78, 5) is 15.1. The normalized spacial score (nSPS) is 10.0. The molecule has 2 aromatic rings. The van der Waals surface area contributed by atoms with Gasteiger partial charge in [-0.25, -0.2) is 0 Å². The lowest BCUT2D eigenvalue weighted by molar-refractivity contribution is 0.1000. The molecule has 0 saturated heterocycles. The Morgan fingerprint density at radius 3 is 2.69 bits per heavy atom. The summed E-state index contributed by atoms with van der Waals surface area (Å²) < 4.78 is 0. The maximum Gasteiger partial charge on any atom is 0.248 e. The molecule has 1 aromatic heterocycles. The molecule has 3 nitrogen and oxygen atoms in total. The van der Waals surface area contributed by atoms with Crippen molar-refractivity contribution in [2.45, 2.75) is 6.42 Å². The van der Waals surface area contributed by atoms with Gasteiger partial charge in [-0.1, -0.05) is 18.2 Å². The van der Waals surface area contributed by atoms with Crippen LogP contribution in [0.25, 0.3) is 0 Å². The zero-order valence-electron chi connectivity index (χ0n) is 8.76. The summed E-state index contributed by atoms with van der Waals surface area (Å²) in [5, 5.41) is 0. The van der Waals surface area contributed by atoms with Crippen LogP contribution in [0.3, 0.4) is 0 Å². The van der Waals surface area contributed by atoms with Gasteiger partial charge in [-0.2, -0.15) is 0 Å². The molecule has 0 aliphatic heterocycles. The van der Waals surface area contributed by atoms with Crippen molar-refractivity contribution in [3.8, 4) is 0 Å². The van der Waals surface area contributed by atoms with E-state index in [0.717, 1.165) is 17.5 Å². The van der Waals surface area contributed by atoms with Crippen LogP contribution in [0.2, 0.25) is 0 Å². The summed E-state index contributed by atoms with van der Waals surface area (Å²) in [5.74, 6) is -0.395. The summed E-state index contributed by atoms with van der Waals surface area (Å²) in [6, 6.07) is 11.2. The Kier molecular flexibility index (Phi) is 2.96. The zero-order chi connectivity index (χ0) is 11.4. The van der Waals surface area contributed by atoms with Gasteiger partial charge < -0.3 is 5.73 Å². The highest BCUT2D eigenvalue weighted by molar-refractivity contribution is 5.92. The molecule has 2 N–H and O–H groups in total. The number of pyridine rings is 1. The quantitative estimate of drug-likeness (QED) is 0.843. The van der Waals surface area contributed by atoms with Crippen molar-refractivity contribution < 1.29 is 4.79 Å². The van der Waals surface area contributed by atoms with Gasteiger partial charge >= 0.3 is 0 Å². The molecule has 0 bridgehead atoms. The van der Waals surface area contributed by atoms with Gasteiger partial charge in [-0.15, -0.1) is 0 Å². The highest BCUT2D eigenvalue weighted by atomic mass is 16.1. The number of rotatable bonds is 3. The average molecular weight is 212 g/mol. The van der Waals surface area contributed by atoms with Crippen LogP contribution in [0.4, 0.5) is 0 Å². The Hall–Kier alpha value is -2.16. The molecular formula is C13H12N2O. The topological polar surface area (TPSA) is 56.0 Å². The Morgan fingerprint density at radius 2 is 2.00 bits per heavy atom. The molecule has 0 saturated carbocycles. The summed E-state index contributed by atoms with van der Waals surface area (Å²) in [6.07, 6.45) is 4.31. The zero-order valence-corrected chi connectivity index (χ0v) is 8.76. The third kappa shape index (κ3) is 2.45. The Bertz CT molecular complexity index is 494. The molecule has 80 valence electrons. The molecule has 0 fully saturated rings. The summed E-state index contributed by atoms with van der Waals surface area (Å²) in [6.45, 7) is 0. The maximum atomic E-state index is 11.0. The standard InChI is InChI=1S/C13H12N2O/c14-13(16)12-5-1-3-10(8-12)7-11-4-2-6-15-9-11/h1-6,8-9H,7H2,(H2,14,16). The van der Waals surface area contributed by atoms with Crippen molar-refractivity contribution in [3.05, 3.63) is 65.5 Å². The van der Waals surface area contributed by atoms with Gasteiger partial charge in [0.25, 0.3) is 0 Å². The molecule has 1 heterocycles. The van der Waals surface area contributed by atoms with E-state index in [0.29, 0.717) is 5.56 Å². The average Bonchev–Trinajstić information content (AvgIpc) is 2.30. The fourth-order valence-electron chi connectivity index (χ4n) is 1.57. The molecule has 3 heteroatoms. The highest BCUT2D eigenvalue weighted by Crippen LogP contribution is 2.10. The van der Waals surface area contributed by atoms with Crippen LogP contribution in [0.1, 0.15) is 21.5 Å². The van der Waals surface area contributed by atoms with Crippen molar-refractivity contribution in [1.82, 2.24) is 4.98 Å². The van der Waals surface area contributed by atoms with Crippen molar-refractivity contribution in [1.29, 1.82) is 0 Å². The summed E-state index contributed by atoms with van der Waals surface area (Å²) >= 11 is 0. The highest BCUT2D eigenvalue weighted by Gasteiger charge is 2.01. The number of amides is 1. The smallest absolute Gasteiger partial charge is 0.248 e. The van der Waals surface area contributed by atoms with E-state index in [1.54, 1.807) is 12.3 Å². The SMILES string of the molecule is NC(=O)c1cccc(Cc2cccnc2)c1. The second-order valence-corrected chi connectivity index (χ2v) is 3.60. The number of aromatic nitrogens is 1. The Morgan fingerprint density at radius 1 is 1.19 bits per heavy atom. The summed E-state index contributed by atoms with van der Waals surface area (Å²) in [5.41, 5.74) is 7.94. The van der Waals surface area contributed by atoms with Gasteiger partial charge in [0.15, 0.2) is 0 Å². The van der Waals surface area contributed by atoms with E-state index < -0.39 is 5.91 Å². The van der Waals surface area contributed by atoms with Crippen molar-refractivity contribution in [2.75, 3.05) is 0 Å². The van der Waals surface area contributed by atoms with Crippen LogP contribution in [0.5, 0.6) is 0 Å². The predicted octanol–water partition coefficient (Wildman–Crippen LogP) is 1.77. The molecule has 2 rings (SSSR count). The lowest BCUT2D eigenvalue weighted by Crippen LogP contribution is -2.11. The first-order valence-corrected chi connectivity index (χ1v) is 5.03. The van der Waals surface area contributed by atoms with Crippen LogP contribution < -0.4 is 5.73 Å². The number of carbonyl (C=O) groups excluding carboxylic acids is 1. The van der Waals surface area contributed by atoms with Crippen LogP contribution in [0, 0.1) is 0 Å². The third-order valence-corrected chi connectivity index (χ3v) is 2.34. The minimum atomic E-state index is -0.395. The fraction of sp³-hybridized carbons (Fsp3) is 0.0769. The van der Waals surface area contributed by atoms with E-state index in [-0.39, 0.29) is 0 Å². The Labute approximate surface area is 93.9 Å². The first kappa shape index (κ1) is 10.4. The van der Waals surface area contributed by atoms with Gasteiger partial charge in [-0.3, -0.25) is 9.78 Å². The van der Waals surface area contributed by atoms with Crippen LogP contribution in [0.15, 0.2) is 48.8 Å². The number of hydrogen-bond donors (Lipinski definition) is 1. The molecule has 0 aliphatic carbocycles. The van der Waals surface area contributed by atoms with Crippen molar-refractivity contribution in [3.63, 3.8) is 0 Å². The molecule has 0 spiro atoms. The lowest BCUT2D eigenvalue weighted by atomic mass is 10.0. The minimum Gasteiger partial charge on any atom is -0.366 e. The number of benzene rings is 1. The van der Waals surface area contributed by atoms with E-state index in [1.165, 1.54) is 0 Å². The van der Waals surface area contributed by atoms with Crippen LogP contribution >= 0.6 is 0 Å². The van der Waals surface area contributed by atoms with Crippen LogP contribution in [-0.2, 0) is 6.42 Å². The lowest BCUT2D eigenvalue weighted by Gasteiger charge is -2.02. The predicted molar refractivity (Wildman–Crippen MR) is 62.0 cm³/mol. The monoisotopic (exact) mass is 212 g/mol. The van der Waals surface area contributed by atoms with Gasteiger partial charge in [-0.05, 0) is 35.7 Å². The largest absolute Gasteiger partial charge is 0.366 e. The molecule has 0 aliphatic rings. The number of primary amides is 1.